The first kappa shape index (κ1) is 20.6. The number of anilines is 1. The standard InChI is InChI=1S/C22H32N2OS/c1-4-6-7-8-9-10-11-21(25)24-22-23-20(16-26-22)19-14-12-18(13-15-19)17(3)5-2/h12-17H,4-11H2,1-3H3,(H,23,24,25). The molecular formula is C22H32N2OS. The van der Waals surface area contributed by atoms with Gasteiger partial charge in [-0.05, 0) is 24.3 Å². The van der Waals surface area contributed by atoms with Gasteiger partial charge in [-0.15, -0.1) is 11.3 Å². The number of thiazole rings is 1. The monoisotopic (exact) mass is 372 g/mol. The van der Waals surface area contributed by atoms with E-state index in [2.05, 4.69) is 55.3 Å². The van der Waals surface area contributed by atoms with Crippen LogP contribution in [0.5, 0.6) is 0 Å². The minimum Gasteiger partial charge on any atom is -0.302 e. The van der Waals surface area contributed by atoms with Crippen LogP contribution in [0.2, 0.25) is 0 Å². The zero-order valence-electron chi connectivity index (χ0n) is 16.4. The fraction of sp³-hybridized carbons (Fsp3) is 0.545. The van der Waals surface area contributed by atoms with Crippen molar-refractivity contribution in [1.82, 2.24) is 4.98 Å². The Balaban J connectivity index is 1.80. The summed E-state index contributed by atoms with van der Waals surface area (Å²) >= 11 is 1.49. The molecule has 1 heterocycles. The number of amides is 1. The van der Waals surface area contributed by atoms with E-state index >= 15 is 0 Å². The molecule has 1 N–H and O–H groups in total. The second kappa shape index (κ2) is 11.1. The van der Waals surface area contributed by atoms with E-state index < -0.39 is 0 Å². The Morgan fingerprint density at radius 3 is 2.46 bits per heavy atom. The zero-order chi connectivity index (χ0) is 18.8. The number of nitrogens with one attached hydrogen (secondary N) is 1. The number of unbranched alkanes of at least 4 members (excludes halogenated alkanes) is 5. The van der Waals surface area contributed by atoms with Crippen LogP contribution in [0, 0.1) is 0 Å². The Bertz CT molecular complexity index is 663. The lowest BCUT2D eigenvalue weighted by Gasteiger charge is -2.08. The topological polar surface area (TPSA) is 42.0 Å². The smallest absolute Gasteiger partial charge is 0.226 e. The van der Waals surface area contributed by atoms with E-state index in [9.17, 15) is 4.79 Å². The Labute approximate surface area is 162 Å². The molecule has 2 aromatic rings. The van der Waals surface area contributed by atoms with Gasteiger partial charge < -0.3 is 5.32 Å². The normalized spacial score (nSPS) is 12.1. The third-order valence-electron chi connectivity index (χ3n) is 4.90. The molecule has 0 saturated heterocycles. The van der Waals surface area contributed by atoms with Gasteiger partial charge in [0.25, 0.3) is 0 Å². The van der Waals surface area contributed by atoms with Gasteiger partial charge in [0.1, 0.15) is 0 Å². The maximum absolute atomic E-state index is 12.1. The fourth-order valence-electron chi connectivity index (χ4n) is 2.93. The lowest BCUT2D eigenvalue weighted by atomic mass is 9.97. The second-order valence-corrected chi connectivity index (χ2v) is 7.89. The van der Waals surface area contributed by atoms with Gasteiger partial charge in [0.05, 0.1) is 5.69 Å². The average molecular weight is 373 g/mol. The maximum atomic E-state index is 12.1. The molecule has 1 atom stereocenters. The van der Waals surface area contributed by atoms with E-state index in [1.807, 2.05) is 5.38 Å². The van der Waals surface area contributed by atoms with Gasteiger partial charge in [0, 0.05) is 17.4 Å². The van der Waals surface area contributed by atoms with Crippen molar-refractivity contribution in [3.63, 3.8) is 0 Å². The number of benzene rings is 1. The van der Waals surface area contributed by atoms with E-state index in [4.69, 9.17) is 0 Å². The van der Waals surface area contributed by atoms with Crippen molar-refractivity contribution < 1.29 is 4.79 Å². The van der Waals surface area contributed by atoms with Crippen molar-refractivity contribution in [3.05, 3.63) is 35.2 Å². The number of nitrogens with zero attached hydrogens (tertiary/aromatic N) is 1. The summed E-state index contributed by atoms with van der Waals surface area (Å²) < 4.78 is 0. The van der Waals surface area contributed by atoms with Gasteiger partial charge in [-0.1, -0.05) is 77.1 Å². The van der Waals surface area contributed by atoms with Crippen LogP contribution in [-0.2, 0) is 4.79 Å². The molecule has 1 aromatic heterocycles. The molecule has 3 nitrogen and oxygen atoms in total. The van der Waals surface area contributed by atoms with Crippen LogP contribution in [0.25, 0.3) is 11.3 Å². The summed E-state index contributed by atoms with van der Waals surface area (Å²) in [5.74, 6) is 0.657. The van der Waals surface area contributed by atoms with Crippen molar-refractivity contribution in [2.75, 3.05) is 5.32 Å². The summed E-state index contributed by atoms with van der Waals surface area (Å²) in [7, 11) is 0. The molecule has 0 bridgehead atoms. The Morgan fingerprint density at radius 1 is 1.08 bits per heavy atom. The molecule has 142 valence electrons. The summed E-state index contributed by atoms with van der Waals surface area (Å²) in [6.45, 7) is 6.67. The first-order valence-electron chi connectivity index (χ1n) is 9.99. The summed E-state index contributed by atoms with van der Waals surface area (Å²) in [5.41, 5.74) is 3.39. The number of carbonyl (C=O) groups is 1. The average Bonchev–Trinajstić information content (AvgIpc) is 3.12. The molecule has 0 spiro atoms. The summed E-state index contributed by atoms with van der Waals surface area (Å²) in [4.78, 5) is 16.6. The van der Waals surface area contributed by atoms with E-state index in [1.165, 1.54) is 42.6 Å². The van der Waals surface area contributed by atoms with Crippen molar-refractivity contribution in [1.29, 1.82) is 0 Å². The lowest BCUT2D eigenvalue weighted by Crippen LogP contribution is -2.10. The number of carbonyl (C=O) groups excluding carboxylic acids is 1. The van der Waals surface area contributed by atoms with Crippen LogP contribution >= 0.6 is 11.3 Å². The minimum atomic E-state index is 0.0773. The maximum Gasteiger partial charge on any atom is 0.226 e. The fourth-order valence-corrected chi connectivity index (χ4v) is 3.67. The highest BCUT2D eigenvalue weighted by atomic mass is 32.1. The number of hydrogen-bond donors (Lipinski definition) is 1. The number of rotatable bonds is 11. The van der Waals surface area contributed by atoms with Crippen LogP contribution in [-0.4, -0.2) is 10.9 Å². The van der Waals surface area contributed by atoms with Gasteiger partial charge in [-0.3, -0.25) is 4.79 Å². The summed E-state index contributed by atoms with van der Waals surface area (Å²) in [6, 6.07) is 8.61. The molecule has 0 aliphatic rings. The van der Waals surface area contributed by atoms with E-state index in [0.717, 1.165) is 30.5 Å². The molecule has 0 aliphatic carbocycles. The molecule has 0 aliphatic heterocycles. The molecule has 2 rings (SSSR count). The first-order valence-corrected chi connectivity index (χ1v) is 10.9. The Morgan fingerprint density at radius 2 is 1.77 bits per heavy atom. The third-order valence-corrected chi connectivity index (χ3v) is 5.65. The van der Waals surface area contributed by atoms with Crippen LogP contribution in [0.4, 0.5) is 5.13 Å². The molecule has 1 aromatic carbocycles. The highest BCUT2D eigenvalue weighted by Crippen LogP contribution is 2.27. The lowest BCUT2D eigenvalue weighted by molar-refractivity contribution is -0.116. The molecule has 0 fully saturated rings. The quantitative estimate of drug-likeness (QED) is 0.431. The molecule has 26 heavy (non-hydrogen) atoms. The van der Waals surface area contributed by atoms with Gasteiger partial charge in [-0.25, -0.2) is 4.98 Å². The molecule has 1 unspecified atom stereocenters. The van der Waals surface area contributed by atoms with Crippen LogP contribution < -0.4 is 5.32 Å². The summed E-state index contributed by atoms with van der Waals surface area (Å²) in [6.07, 6.45) is 8.90. The third kappa shape index (κ3) is 6.56. The van der Waals surface area contributed by atoms with E-state index in [1.54, 1.807) is 0 Å². The van der Waals surface area contributed by atoms with Crippen molar-refractivity contribution in [2.45, 2.75) is 78.1 Å². The van der Waals surface area contributed by atoms with E-state index in [0.29, 0.717) is 17.5 Å². The van der Waals surface area contributed by atoms with Crippen LogP contribution in [0.3, 0.4) is 0 Å². The predicted molar refractivity (Wildman–Crippen MR) is 113 cm³/mol. The second-order valence-electron chi connectivity index (χ2n) is 7.04. The van der Waals surface area contributed by atoms with Gasteiger partial charge >= 0.3 is 0 Å². The number of aromatic nitrogens is 1. The van der Waals surface area contributed by atoms with Gasteiger partial charge in [0.2, 0.25) is 5.91 Å². The number of hydrogen-bond acceptors (Lipinski definition) is 3. The predicted octanol–water partition coefficient (Wildman–Crippen LogP) is 7.01. The van der Waals surface area contributed by atoms with Crippen LogP contribution in [0.1, 0.15) is 83.6 Å². The van der Waals surface area contributed by atoms with Crippen molar-refractivity contribution >= 4 is 22.4 Å². The van der Waals surface area contributed by atoms with Crippen molar-refractivity contribution in [2.24, 2.45) is 0 Å². The Kier molecular flexibility index (Phi) is 8.82. The van der Waals surface area contributed by atoms with Crippen molar-refractivity contribution in [3.8, 4) is 11.3 Å². The molecule has 0 saturated carbocycles. The highest BCUT2D eigenvalue weighted by Gasteiger charge is 2.09. The first-order chi connectivity index (χ1) is 12.6. The SMILES string of the molecule is CCCCCCCCC(=O)Nc1nc(-c2ccc(C(C)CC)cc2)cs1. The van der Waals surface area contributed by atoms with Gasteiger partial charge in [-0.2, -0.15) is 0 Å². The highest BCUT2D eigenvalue weighted by molar-refractivity contribution is 7.14. The molecule has 1 amide bonds. The Hall–Kier alpha value is -1.68. The molecule has 0 radical (unpaired) electrons. The summed E-state index contributed by atoms with van der Waals surface area (Å²) in [5, 5.41) is 5.65. The van der Waals surface area contributed by atoms with E-state index in [-0.39, 0.29) is 5.91 Å². The van der Waals surface area contributed by atoms with Gasteiger partial charge in [0.15, 0.2) is 5.13 Å². The molecular weight excluding hydrogens is 340 g/mol. The minimum absolute atomic E-state index is 0.0773. The zero-order valence-corrected chi connectivity index (χ0v) is 17.2. The largest absolute Gasteiger partial charge is 0.302 e. The van der Waals surface area contributed by atoms with Crippen LogP contribution in [0.15, 0.2) is 29.6 Å². The molecule has 4 heteroatoms.